The van der Waals surface area contributed by atoms with Gasteiger partial charge in [0.2, 0.25) is 0 Å². The van der Waals surface area contributed by atoms with Crippen LogP contribution in [-0.2, 0) is 0 Å². The second kappa shape index (κ2) is 6.70. The van der Waals surface area contributed by atoms with E-state index in [-0.39, 0.29) is 6.04 Å². The van der Waals surface area contributed by atoms with Crippen LogP contribution in [0.15, 0.2) is 18.2 Å². The standard InChI is InChI=1S/C12H14Cl2N2O/c1-16(2)9(5-6-15)8-17-10-3-4-11(13)12(14)7-10/h3-4,7,9H,5,8H2,1-2H3. The summed E-state index contributed by atoms with van der Waals surface area (Å²) < 4.78 is 5.58. The van der Waals surface area contributed by atoms with Gasteiger partial charge in [-0.2, -0.15) is 5.26 Å². The first kappa shape index (κ1) is 14.1. The summed E-state index contributed by atoms with van der Waals surface area (Å²) in [5.74, 6) is 0.657. The van der Waals surface area contributed by atoms with Crippen LogP contribution in [0.5, 0.6) is 5.75 Å². The Hall–Kier alpha value is -0.950. The minimum atomic E-state index is 0.0643. The molecule has 0 aromatic heterocycles. The summed E-state index contributed by atoms with van der Waals surface area (Å²) >= 11 is 11.7. The fraction of sp³-hybridized carbons (Fsp3) is 0.417. The number of likely N-dealkylation sites (N-methyl/N-ethyl adjacent to an activating group) is 1. The van der Waals surface area contributed by atoms with E-state index in [0.29, 0.717) is 28.8 Å². The van der Waals surface area contributed by atoms with Gasteiger partial charge in [0.15, 0.2) is 0 Å². The van der Waals surface area contributed by atoms with Gasteiger partial charge in [-0.05, 0) is 26.2 Å². The first-order chi connectivity index (χ1) is 8.04. The third-order valence-electron chi connectivity index (χ3n) is 2.39. The molecule has 1 aromatic carbocycles. The van der Waals surface area contributed by atoms with Gasteiger partial charge in [-0.3, -0.25) is 0 Å². The molecule has 0 bridgehead atoms. The van der Waals surface area contributed by atoms with E-state index in [0.717, 1.165) is 0 Å². The molecule has 0 amide bonds. The maximum absolute atomic E-state index is 8.69. The summed E-state index contributed by atoms with van der Waals surface area (Å²) in [7, 11) is 3.83. The Morgan fingerprint density at radius 1 is 1.35 bits per heavy atom. The number of nitrogens with zero attached hydrogens (tertiary/aromatic N) is 2. The number of hydrogen-bond acceptors (Lipinski definition) is 3. The van der Waals surface area contributed by atoms with E-state index in [1.165, 1.54) is 0 Å². The highest BCUT2D eigenvalue weighted by molar-refractivity contribution is 6.42. The van der Waals surface area contributed by atoms with Crippen LogP contribution >= 0.6 is 23.2 Å². The zero-order valence-corrected chi connectivity index (χ0v) is 11.3. The molecule has 0 fully saturated rings. The van der Waals surface area contributed by atoms with Gasteiger partial charge in [0.1, 0.15) is 12.4 Å². The zero-order chi connectivity index (χ0) is 12.8. The summed E-state index contributed by atoms with van der Waals surface area (Å²) in [6.07, 6.45) is 0.425. The van der Waals surface area contributed by atoms with E-state index in [2.05, 4.69) is 6.07 Å². The predicted octanol–water partition coefficient (Wildman–Crippen LogP) is 3.22. The van der Waals surface area contributed by atoms with Gasteiger partial charge in [-0.25, -0.2) is 0 Å². The molecule has 0 N–H and O–H groups in total. The van der Waals surface area contributed by atoms with Gasteiger partial charge in [-0.1, -0.05) is 23.2 Å². The van der Waals surface area contributed by atoms with Crippen LogP contribution in [0.4, 0.5) is 0 Å². The molecule has 0 heterocycles. The second-order valence-electron chi connectivity index (χ2n) is 3.87. The highest BCUT2D eigenvalue weighted by Crippen LogP contribution is 2.26. The average Bonchev–Trinajstić information content (AvgIpc) is 2.28. The molecule has 0 saturated heterocycles. The minimum absolute atomic E-state index is 0.0643. The number of nitriles is 1. The molecular weight excluding hydrogens is 259 g/mol. The molecule has 0 saturated carbocycles. The summed E-state index contributed by atoms with van der Waals surface area (Å²) in [4.78, 5) is 1.96. The van der Waals surface area contributed by atoms with Gasteiger partial charge >= 0.3 is 0 Å². The van der Waals surface area contributed by atoms with Crippen molar-refractivity contribution in [2.24, 2.45) is 0 Å². The fourth-order valence-electron chi connectivity index (χ4n) is 1.26. The van der Waals surface area contributed by atoms with Crippen molar-refractivity contribution in [3.63, 3.8) is 0 Å². The maximum atomic E-state index is 8.69. The molecule has 1 unspecified atom stereocenters. The van der Waals surface area contributed by atoms with Crippen LogP contribution in [0.2, 0.25) is 10.0 Å². The zero-order valence-electron chi connectivity index (χ0n) is 9.78. The molecule has 1 aromatic rings. The smallest absolute Gasteiger partial charge is 0.120 e. The third kappa shape index (κ3) is 4.43. The van der Waals surface area contributed by atoms with E-state index in [1.807, 2.05) is 19.0 Å². The molecule has 0 radical (unpaired) electrons. The Bertz CT molecular complexity index is 415. The predicted molar refractivity (Wildman–Crippen MR) is 69.7 cm³/mol. The average molecular weight is 273 g/mol. The lowest BCUT2D eigenvalue weighted by atomic mass is 10.2. The number of rotatable bonds is 5. The molecule has 0 aliphatic rings. The minimum Gasteiger partial charge on any atom is -0.492 e. The molecular formula is C12H14Cl2N2O. The lowest BCUT2D eigenvalue weighted by Gasteiger charge is -2.21. The van der Waals surface area contributed by atoms with E-state index in [1.54, 1.807) is 18.2 Å². The molecule has 92 valence electrons. The second-order valence-corrected chi connectivity index (χ2v) is 4.68. The fourth-order valence-corrected chi connectivity index (χ4v) is 1.54. The summed E-state index contributed by atoms with van der Waals surface area (Å²) in [5, 5.41) is 9.66. The topological polar surface area (TPSA) is 36.3 Å². The molecule has 1 rings (SSSR count). The maximum Gasteiger partial charge on any atom is 0.120 e. The van der Waals surface area contributed by atoms with Crippen molar-refractivity contribution in [3.05, 3.63) is 28.2 Å². The lowest BCUT2D eigenvalue weighted by Crippen LogP contribution is -2.33. The Balaban J connectivity index is 2.59. The Labute approximate surface area is 111 Å². The monoisotopic (exact) mass is 272 g/mol. The Morgan fingerprint density at radius 3 is 2.59 bits per heavy atom. The van der Waals surface area contributed by atoms with E-state index in [4.69, 9.17) is 33.2 Å². The highest BCUT2D eigenvalue weighted by atomic mass is 35.5. The Kier molecular flexibility index (Phi) is 5.57. The van der Waals surface area contributed by atoms with Crippen LogP contribution < -0.4 is 4.74 Å². The van der Waals surface area contributed by atoms with E-state index < -0.39 is 0 Å². The molecule has 0 aliphatic heterocycles. The number of hydrogen-bond donors (Lipinski definition) is 0. The van der Waals surface area contributed by atoms with Crippen molar-refractivity contribution >= 4 is 23.2 Å². The number of benzene rings is 1. The van der Waals surface area contributed by atoms with Crippen molar-refractivity contribution in [2.45, 2.75) is 12.5 Å². The van der Waals surface area contributed by atoms with Gasteiger partial charge in [0, 0.05) is 6.07 Å². The molecule has 0 aliphatic carbocycles. The summed E-state index contributed by atoms with van der Waals surface area (Å²) in [6.45, 7) is 0.443. The van der Waals surface area contributed by atoms with Gasteiger partial charge < -0.3 is 9.64 Å². The highest BCUT2D eigenvalue weighted by Gasteiger charge is 2.12. The largest absolute Gasteiger partial charge is 0.492 e. The Morgan fingerprint density at radius 2 is 2.06 bits per heavy atom. The van der Waals surface area contributed by atoms with Crippen LogP contribution in [-0.4, -0.2) is 31.6 Å². The van der Waals surface area contributed by atoms with Crippen molar-refractivity contribution < 1.29 is 4.74 Å². The molecule has 0 spiro atoms. The van der Waals surface area contributed by atoms with Crippen LogP contribution in [0, 0.1) is 11.3 Å². The molecule has 3 nitrogen and oxygen atoms in total. The van der Waals surface area contributed by atoms with Gasteiger partial charge in [0.05, 0.1) is 28.6 Å². The van der Waals surface area contributed by atoms with Crippen molar-refractivity contribution in [2.75, 3.05) is 20.7 Å². The molecule has 17 heavy (non-hydrogen) atoms. The van der Waals surface area contributed by atoms with Gasteiger partial charge in [-0.15, -0.1) is 0 Å². The van der Waals surface area contributed by atoms with Crippen molar-refractivity contribution in [1.82, 2.24) is 4.90 Å². The third-order valence-corrected chi connectivity index (χ3v) is 3.13. The first-order valence-electron chi connectivity index (χ1n) is 5.16. The molecule has 1 atom stereocenters. The normalized spacial score (nSPS) is 12.2. The number of halogens is 2. The van der Waals surface area contributed by atoms with E-state index >= 15 is 0 Å². The van der Waals surface area contributed by atoms with Crippen LogP contribution in [0.1, 0.15) is 6.42 Å². The van der Waals surface area contributed by atoms with Crippen molar-refractivity contribution in [3.8, 4) is 11.8 Å². The SMILES string of the molecule is CN(C)C(CC#N)COc1ccc(Cl)c(Cl)c1. The van der Waals surface area contributed by atoms with Crippen LogP contribution in [0.25, 0.3) is 0 Å². The molecule has 5 heteroatoms. The first-order valence-corrected chi connectivity index (χ1v) is 5.91. The summed E-state index contributed by atoms with van der Waals surface area (Å²) in [5.41, 5.74) is 0. The quantitative estimate of drug-likeness (QED) is 0.826. The van der Waals surface area contributed by atoms with Crippen LogP contribution in [0.3, 0.4) is 0 Å². The van der Waals surface area contributed by atoms with E-state index in [9.17, 15) is 0 Å². The van der Waals surface area contributed by atoms with Gasteiger partial charge in [0.25, 0.3) is 0 Å². The van der Waals surface area contributed by atoms with Crippen molar-refractivity contribution in [1.29, 1.82) is 5.26 Å². The number of ether oxygens (including phenoxy) is 1. The summed E-state index contributed by atoms with van der Waals surface area (Å²) in [6, 6.07) is 7.32. The lowest BCUT2D eigenvalue weighted by molar-refractivity contribution is 0.188.